The second-order valence-electron chi connectivity index (χ2n) is 3.33. The molecule has 0 aromatic heterocycles. The fourth-order valence-electron chi connectivity index (χ4n) is 1.31. The van der Waals surface area contributed by atoms with Gasteiger partial charge in [0, 0.05) is 5.92 Å². The van der Waals surface area contributed by atoms with E-state index in [4.69, 9.17) is 0 Å². The highest BCUT2D eigenvalue weighted by atomic mass is 16.3. The van der Waals surface area contributed by atoms with E-state index in [2.05, 4.69) is 25.6 Å². The number of nitroso groups, excluding NO2 is 1. The Labute approximate surface area is 75.0 Å². The predicted molar refractivity (Wildman–Crippen MR) is 53.0 cm³/mol. The highest BCUT2D eigenvalue weighted by Crippen LogP contribution is 2.19. The molecule has 0 bridgehead atoms. The fourth-order valence-corrected chi connectivity index (χ4v) is 1.31. The number of unbranched alkanes of at least 4 members (excludes halogenated alkanes) is 1. The summed E-state index contributed by atoms with van der Waals surface area (Å²) in [7, 11) is 0. The minimum atomic E-state index is 0.272. The third-order valence-corrected chi connectivity index (χ3v) is 2.33. The lowest BCUT2D eigenvalue weighted by atomic mass is 9.90. The number of hydrogen-bond donors (Lipinski definition) is 0. The zero-order valence-corrected chi connectivity index (χ0v) is 8.12. The van der Waals surface area contributed by atoms with Gasteiger partial charge in [-0.3, -0.25) is 0 Å². The number of rotatable bonds is 7. The Morgan fingerprint density at radius 3 is 2.67 bits per heavy atom. The molecule has 0 fully saturated rings. The average Bonchev–Trinajstić information content (AvgIpc) is 2.10. The topological polar surface area (TPSA) is 29.4 Å². The van der Waals surface area contributed by atoms with Crippen LogP contribution in [0.2, 0.25) is 0 Å². The van der Waals surface area contributed by atoms with Gasteiger partial charge in [-0.15, -0.1) is 6.58 Å². The van der Waals surface area contributed by atoms with Gasteiger partial charge >= 0.3 is 0 Å². The highest BCUT2D eigenvalue weighted by Gasteiger charge is 2.12. The van der Waals surface area contributed by atoms with Crippen molar-refractivity contribution in [2.45, 2.75) is 33.1 Å². The highest BCUT2D eigenvalue weighted by molar-refractivity contribution is 4.84. The lowest BCUT2D eigenvalue weighted by Gasteiger charge is -2.16. The summed E-state index contributed by atoms with van der Waals surface area (Å²) in [6, 6.07) is 0. The molecule has 0 saturated carbocycles. The van der Waals surface area contributed by atoms with Crippen LogP contribution in [-0.2, 0) is 0 Å². The summed E-state index contributed by atoms with van der Waals surface area (Å²) in [4.78, 5) is 10.1. The van der Waals surface area contributed by atoms with Crippen molar-refractivity contribution >= 4 is 0 Å². The van der Waals surface area contributed by atoms with Gasteiger partial charge in [-0.05, 0) is 5.92 Å². The monoisotopic (exact) mass is 169 g/mol. The Bertz CT molecular complexity index is 134. The van der Waals surface area contributed by atoms with Crippen LogP contribution in [0.3, 0.4) is 0 Å². The SMILES string of the molecule is C=CC(CN=O)[C@@H](C)CCCC. The molecule has 70 valence electrons. The zero-order chi connectivity index (χ0) is 9.40. The van der Waals surface area contributed by atoms with Crippen LogP contribution in [0.1, 0.15) is 33.1 Å². The molecule has 0 aliphatic rings. The minimum Gasteiger partial charge on any atom is -0.151 e. The van der Waals surface area contributed by atoms with Crippen molar-refractivity contribution in [2.75, 3.05) is 6.54 Å². The van der Waals surface area contributed by atoms with Gasteiger partial charge in [0.2, 0.25) is 0 Å². The van der Waals surface area contributed by atoms with Crippen molar-refractivity contribution in [3.8, 4) is 0 Å². The summed E-state index contributed by atoms with van der Waals surface area (Å²) in [5.41, 5.74) is 0. The van der Waals surface area contributed by atoms with Gasteiger partial charge in [0.1, 0.15) is 0 Å². The standard InChI is InChI=1S/C10H19NO/c1-4-6-7-9(3)10(5-2)8-11-12/h5,9-10H,2,4,6-8H2,1,3H3/t9-,10?/m0/s1. The van der Waals surface area contributed by atoms with Crippen molar-refractivity contribution in [1.82, 2.24) is 0 Å². The van der Waals surface area contributed by atoms with Gasteiger partial charge in [-0.2, -0.15) is 4.91 Å². The van der Waals surface area contributed by atoms with E-state index in [0.29, 0.717) is 12.5 Å². The van der Waals surface area contributed by atoms with Gasteiger partial charge in [-0.25, -0.2) is 0 Å². The van der Waals surface area contributed by atoms with E-state index < -0.39 is 0 Å². The molecule has 0 rings (SSSR count). The molecule has 0 radical (unpaired) electrons. The van der Waals surface area contributed by atoms with Crippen LogP contribution in [0.15, 0.2) is 17.8 Å². The first-order chi connectivity index (χ1) is 5.76. The Morgan fingerprint density at radius 1 is 1.58 bits per heavy atom. The van der Waals surface area contributed by atoms with E-state index in [1.807, 2.05) is 6.08 Å². The summed E-state index contributed by atoms with van der Waals surface area (Å²) in [5, 5.41) is 2.91. The lowest BCUT2D eigenvalue weighted by Crippen LogP contribution is -2.11. The molecule has 0 spiro atoms. The molecule has 0 aliphatic carbocycles. The quantitative estimate of drug-likeness (QED) is 0.424. The number of hydrogen-bond acceptors (Lipinski definition) is 2. The molecular weight excluding hydrogens is 150 g/mol. The van der Waals surface area contributed by atoms with Crippen LogP contribution in [-0.4, -0.2) is 6.54 Å². The molecule has 0 saturated heterocycles. The summed E-state index contributed by atoms with van der Waals surface area (Å²) in [5.74, 6) is 0.814. The summed E-state index contributed by atoms with van der Waals surface area (Å²) >= 11 is 0. The Hall–Kier alpha value is -0.660. The van der Waals surface area contributed by atoms with Crippen LogP contribution in [0.4, 0.5) is 0 Å². The van der Waals surface area contributed by atoms with Crippen molar-refractivity contribution in [3.63, 3.8) is 0 Å². The normalized spacial score (nSPS) is 15.2. The molecule has 12 heavy (non-hydrogen) atoms. The minimum absolute atomic E-state index is 0.272. The van der Waals surface area contributed by atoms with Crippen molar-refractivity contribution < 1.29 is 0 Å². The average molecular weight is 169 g/mol. The van der Waals surface area contributed by atoms with Gasteiger partial charge in [0.25, 0.3) is 0 Å². The first kappa shape index (κ1) is 11.3. The summed E-state index contributed by atoms with van der Waals surface area (Å²) in [6.45, 7) is 8.43. The van der Waals surface area contributed by atoms with Crippen LogP contribution in [0.25, 0.3) is 0 Å². The molecule has 0 N–H and O–H groups in total. The van der Waals surface area contributed by atoms with Gasteiger partial charge in [-0.1, -0.05) is 44.4 Å². The summed E-state index contributed by atoms with van der Waals surface area (Å²) < 4.78 is 0. The van der Waals surface area contributed by atoms with Crippen molar-refractivity contribution in [3.05, 3.63) is 17.6 Å². The number of nitrogens with zero attached hydrogens (tertiary/aromatic N) is 1. The van der Waals surface area contributed by atoms with Crippen LogP contribution in [0.5, 0.6) is 0 Å². The third kappa shape index (κ3) is 4.27. The Balaban J connectivity index is 3.75. The van der Waals surface area contributed by atoms with Crippen molar-refractivity contribution in [2.24, 2.45) is 17.0 Å². The Kier molecular flexibility index (Phi) is 6.63. The van der Waals surface area contributed by atoms with E-state index in [-0.39, 0.29) is 5.92 Å². The molecule has 0 amide bonds. The Morgan fingerprint density at radius 2 is 2.25 bits per heavy atom. The second-order valence-corrected chi connectivity index (χ2v) is 3.33. The van der Waals surface area contributed by atoms with Gasteiger partial charge in [0.15, 0.2) is 0 Å². The van der Waals surface area contributed by atoms with Crippen LogP contribution >= 0.6 is 0 Å². The molecular formula is C10H19NO. The fraction of sp³-hybridized carbons (Fsp3) is 0.800. The molecule has 2 nitrogen and oxygen atoms in total. The van der Waals surface area contributed by atoms with E-state index >= 15 is 0 Å². The molecule has 0 heterocycles. The molecule has 2 atom stereocenters. The largest absolute Gasteiger partial charge is 0.151 e. The van der Waals surface area contributed by atoms with Crippen LogP contribution < -0.4 is 0 Å². The lowest BCUT2D eigenvalue weighted by molar-refractivity contribution is 0.396. The van der Waals surface area contributed by atoms with Crippen LogP contribution in [0, 0.1) is 16.7 Å². The van der Waals surface area contributed by atoms with Crippen molar-refractivity contribution in [1.29, 1.82) is 0 Å². The van der Waals surface area contributed by atoms with E-state index in [1.54, 1.807) is 0 Å². The first-order valence-electron chi connectivity index (χ1n) is 4.67. The third-order valence-electron chi connectivity index (χ3n) is 2.33. The van der Waals surface area contributed by atoms with E-state index in [9.17, 15) is 4.91 Å². The molecule has 0 aliphatic heterocycles. The maximum Gasteiger partial charge on any atom is 0.0876 e. The summed E-state index contributed by atoms with van der Waals surface area (Å²) in [6.07, 6.45) is 5.46. The molecule has 0 aromatic rings. The van der Waals surface area contributed by atoms with E-state index in [1.165, 1.54) is 19.3 Å². The smallest absolute Gasteiger partial charge is 0.0876 e. The molecule has 1 unspecified atom stereocenters. The maximum atomic E-state index is 10.1. The molecule has 2 heteroatoms. The maximum absolute atomic E-state index is 10.1. The molecule has 0 aromatic carbocycles. The van der Waals surface area contributed by atoms with E-state index in [0.717, 1.165) is 0 Å². The zero-order valence-electron chi connectivity index (χ0n) is 8.12. The second kappa shape index (κ2) is 7.01. The van der Waals surface area contributed by atoms with Gasteiger partial charge in [0.05, 0.1) is 6.54 Å². The first-order valence-corrected chi connectivity index (χ1v) is 4.67. The predicted octanol–water partition coefficient (Wildman–Crippen LogP) is 3.38. The van der Waals surface area contributed by atoms with Gasteiger partial charge < -0.3 is 0 Å².